The van der Waals surface area contributed by atoms with Gasteiger partial charge in [0.1, 0.15) is 6.61 Å². The van der Waals surface area contributed by atoms with Crippen LogP contribution in [0.5, 0.6) is 5.75 Å². The van der Waals surface area contributed by atoms with E-state index in [0.717, 1.165) is 23.7 Å². The third-order valence-electron chi connectivity index (χ3n) is 8.35. The molecule has 0 heterocycles. The predicted octanol–water partition coefficient (Wildman–Crippen LogP) is 8.97. The summed E-state index contributed by atoms with van der Waals surface area (Å²) in [7, 11) is 0. The van der Waals surface area contributed by atoms with Crippen molar-refractivity contribution in [1.82, 2.24) is 0 Å². The van der Waals surface area contributed by atoms with Gasteiger partial charge in [-0.05, 0) is 59.7 Å². The summed E-state index contributed by atoms with van der Waals surface area (Å²) in [6, 6.07) is 13.2. The molecule has 0 radical (unpaired) electrons. The molecule has 0 saturated heterocycles. The van der Waals surface area contributed by atoms with Crippen molar-refractivity contribution in [3.63, 3.8) is 0 Å². The van der Waals surface area contributed by atoms with Crippen LogP contribution in [0.15, 0.2) is 49.1 Å². The van der Waals surface area contributed by atoms with Gasteiger partial charge in [-0.15, -0.1) is 0 Å². The summed E-state index contributed by atoms with van der Waals surface area (Å²) in [6.45, 7) is 16.8. The predicted molar refractivity (Wildman–Crippen MR) is 190 cm³/mol. The number of carbonyl (C=O) groups excluding carboxylic acids is 1. The Labute approximate surface area is 295 Å². The molecule has 0 amide bonds. The van der Waals surface area contributed by atoms with Gasteiger partial charge < -0.3 is 24.3 Å². The largest absolute Gasteiger partial charge is 0.418 e. The van der Waals surface area contributed by atoms with Crippen molar-refractivity contribution >= 4 is 39.3 Å². The number of esters is 1. The van der Waals surface area contributed by atoms with E-state index in [9.17, 15) is 26.7 Å². The number of halogens is 5. The number of hydrogen-bond donors (Lipinski definition) is 1. The lowest BCUT2D eigenvalue weighted by Gasteiger charge is -2.29. The third kappa shape index (κ3) is 10.1. The maximum atomic E-state index is 13.8. The first-order valence-electron chi connectivity index (χ1n) is 16.8. The second-order valence-electron chi connectivity index (χ2n) is 14.5. The average Bonchev–Trinajstić information content (AvgIpc) is 3.07. The molecule has 0 bridgehead atoms. The lowest BCUT2D eigenvalue weighted by molar-refractivity contribution is -0.141. The molecule has 4 aromatic carbocycles. The summed E-state index contributed by atoms with van der Waals surface area (Å²) in [5.41, 5.74) is 1.48. The molecule has 0 spiro atoms. The Kier molecular flexibility index (Phi) is 13.2. The third-order valence-corrected chi connectivity index (χ3v) is 8.35. The maximum Gasteiger partial charge on any atom is 0.337 e. The summed E-state index contributed by atoms with van der Waals surface area (Å²) >= 11 is 0. The van der Waals surface area contributed by atoms with Crippen molar-refractivity contribution in [2.45, 2.75) is 60.4 Å². The number of nitrogens with one attached hydrogen (secondary N) is 1. The fourth-order valence-corrected chi connectivity index (χ4v) is 5.84. The van der Waals surface area contributed by atoms with Crippen LogP contribution in [0.1, 0.15) is 53.0 Å². The van der Waals surface area contributed by atoms with Crippen LogP contribution < -0.4 is 15.3 Å². The minimum atomic E-state index is -2.35. The van der Waals surface area contributed by atoms with E-state index in [1.807, 2.05) is 39.8 Å². The number of benzene rings is 4. The molecule has 11 heteroatoms. The zero-order valence-corrected chi connectivity index (χ0v) is 30.0. The Hall–Kier alpha value is -4.06. The number of allylic oxidation sites excluding steroid dienone is 1. The van der Waals surface area contributed by atoms with Crippen molar-refractivity contribution in [2.75, 3.05) is 45.0 Å². The van der Waals surface area contributed by atoms with Crippen molar-refractivity contribution < 1.29 is 45.7 Å². The van der Waals surface area contributed by atoms with E-state index in [4.69, 9.17) is 14.2 Å². The molecule has 276 valence electrons. The highest BCUT2D eigenvalue weighted by Gasteiger charge is 2.29. The van der Waals surface area contributed by atoms with E-state index >= 15 is 0 Å². The summed E-state index contributed by atoms with van der Waals surface area (Å²) in [6.07, 6.45) is 5.66. The fourth-order valence-electron chi connectivity index (χ4n) is 5.84. The Balaban J connectivity index is 1.16. The maximum absolute atomic E-state index is 13.8. The van der Waals surface area contributed by atoms with Crippen molar-refractivity contribution in [3.8, 4) is 5.75 Å². The Bertz CT molecular complexity index is 1900. The second-order valence-corrected chi connectivity index (χ2v) is 14.5. The Morgan fingerprint density at radius 2 is 1.39 bits per heavy atom. The zero-order chi connectivity index (χ0) is 37.5. The SMILES string of the molecule is C=C/C=c1/ccc2c(NC(C)CCCOCC(C)(C)COCC(C)(C)COCC(=O)Oc3c(F)c(F)c(F)c(F)c3F)ccc3ccc(C)c1c32. The van der Waals surface area contributed by atoms with Gasteiger partial charge in [0.2, 0.25) is 34.8 Å². The van der Waals surface area contributed by atoms with E-state index in [2.05, 4.69) is 66.9 Å². The molecule has 51 heavy (non-hydrogen) atoms. The summed E-state index contributed by atoms with van der Waals surface area (Å²) in [5, 5.41) is 9.76. The van der Waals surface area contributed by atoms with Gasteiger partial charge in [0, 0.05) is 34.6 Å². The lowest BCUT2D eigenvalue weighted by Crippen LogP contribution is -2.32. The highest BCUT2D eigenvalue weighted by molar-refractivity contribution is 6.15. The van der Waals surface area contributed by atoms with E-state index < -0.39 is 52.8 Å². The lowest BCUT2D eigenvalue weighted by atomic mass is 9.94. The first kappa shape index (κ1) is 39.7. The van der Waals surface area contributed by atoms with Crippen molar-refractivity contribution in [2.24, 2.45) is 10.8 Å². The molecule has 0 fully saturated rings. The minimum Gasteiger partial charge on any atom is -0.418 e. The van der Waals surface area contributed by atoms with Crippen LogP contribution in [-0.2, 0) is 19.0 Å². The molecule has 0 aromatic heterocycles. The normalized spacial score (nSPS) is 13.3. The van der Waals surface area contributed by atoms with Gasteiger partial charge in [-0.2, -0.15) is 8.78 Å². The van der Waals surface area contributed by atoms with E-state index in [1.165, 1.54) is 27.1 Å². The zero-order valence-electron chi connectivity index (χ0n) is 30.0. The van der Waals surface area contributed by atoms with Crippen LogP contribution >= 0.6 is 0 Å². The smallest absolute Gasteiger partial charge is 0.337 e. The Morgan fingerprint density at radius 3 is 2.04 bits per heavy atom. The van der Waals surface area contributed by atoms with Crippen LogP contribution in [-0.4, -0.2) is 51.7 Å². The molecule has 0 aliphatic heterocycles. The topological polar surface area (TPSA) is 66.0 Å². The first-order valence-corrected chi connectivity index (χ1v) is 16.8. The second kappa shape index (κ2) is 17.0. The highest BCUT2D eigenvalue weighted by atomic mass is 19.2. The van der Waals surface area contributed by atoms with Gasteiger partial charge in [0.15, 0.2) is 0 Å². The van der Waals surface area contributed by atoms with E-state index in [1.54, 1.807) is 0 Å². The molecule has 6 nitrogen and oxygen atoms in total. The number of ether oxygens (including phenoxy) is 4. The van der Waals surface area contributed by atoms with E-state index in [-0.39, 0.29) is 24.7 Å². The number of carbonyl (C=O) groups is 1. The molecule has 1 N–H and O–H groups in total. The molecular formula is C40H46F5NO5. The van der Waals surface area contributed by atoms with Crippen molar-refractivity contribution in [3.05, 3.63) is 88.9 Å². The Morgan fingerprint density at radius 1 is 0.804 bits per heavy atom. The summed E-state index contributed by atoms with van der Waals surface area (Å²) < 4.78 is 89.0. The van der Waals surface area contributed by atoms with E-state index in [0.29, 0.717) is 19.8 Å². The van der Waals surface area contributed by atoms with Gasteiger partial charge in [-0.25, -0.2) is 18.0 Å². The number of aryl methyl sites for hydroxylation is 1. The molecule has 4 aromatic rings. The van der Waals surface area contributed by atoms with Crippen LogP contribution in [0, 0.1) is 46.8 Å². The van der Waals surface area contributed by atoms with Crippen LogP contribution in [0.3, 0.4) is 0 Å². The molecule has 4 rings (SSSR count). The molecule has 0 aliphatic rings. The first-order chi connectivity index (χ1) is 24.0. The molecule has 0 saturated carbocycles. The van der Waals surface area contributed by atoms with Crippen LogP contribution in [0.4, 0.5) is 27.6 Å². The quantitative estimate of drug-likeness (QED) is 0.0277. The average molecular weight is 716 g/mol. The standard InChI is InChI=1S/C40H46F5NO5/c1-8-10-26-14-16-28-29(17-15-27-13-12-24(2)31(26)32(27)28)46-25(3)11-9-18-48-20-39(4,5)22-50-23-40(6,7)21-49-19-30(47)51-38-36(44)34(42)33(41)35(43)37(38)45/h8,10,12-17,25,46H,1,9,11,18-23H2,2-7H3/b26-10-. The van der Waals surface area contributed by atoms with Crippen LogP contribution in [0.2, 0.25) is 0 Å². The van der Waals surface area contributed by atoms with Gasteiger partial charge in [0.05, 0.1) is 26.4 Å². The van der Waals surface area contributed by atoms with Crippen LogP contribution in [0.25, 0.3) is 27.6 Å². The van der Waals surface area contributed by atoms with Gasteiger partial charge in [-0.1, -0.05) is 76.8 Å². The number of anilines is 1. The molecule has 1 unspecified atom stereocenters. The number of hydrogen-bond acceptors (Lipinski definition) is 6. The summed E-state index contributed by atoms with van der Waals surface area (Å²) in [4.78, 5) is 12.0. The van der Waals surface area contributed by atoms with Gasteiger partial charge in [-0.3, -0.25) is 0 Å². The molecular weight excluding hydrogens is 669 g/mol. The molecule has 0 aliphatic carbocycles. The van der Waals surface area contributed by atoms with Gasteiger partial charge >= 0.3 is 5.97 Å². The van der Waals surface area contributed by atoms with Gasteiger partial charge in [0.25, 0.3) is 0 Å². The monoisotopic (exact) mass is 715 g/mol. The number of rotatable bonds is 18. The summed E-state index contributed by atoms with van der Waals surface area (Å²) in [5.74, 6) is -14.2. The fraction of sp³-hybridized carbons (Fsp3) is 0.425. The molecule has 1 atom stereocenters. The van der Waals surface area contributed by atoms with Crippen molar-refractivity contribution in [1.29, 1.82) is 0 Å². The highest BCUT2D eigenvalue weighted by Crippen LogP contribution is 2.33. The minimum absolute atomic E-state index is 0.00641.